The quantitative estimate of drug-likeness (QED) is 0.644. The maximum atomic E-state index is 13.2. The molecule has 2 aromatic carbocycles. The molecule has 2 amide bonds. The molecule has 1 saturated heterocycles. The summed E-state index contributed by atoms with van der Waals surface area (Å²) in [7, 11) is -3.73. The number of carbonyl (C=O) groups is 2. The van der Waals surface area contributed by atoms with Gasteiger partial charge in [0.2, 0.25) is 15.9 Å². The van der Waals surface area contributed by atoms with Crippen LogP contribution >= 0.6 is 0 Å². The van der Waals surface area contributed by atoms with Crippen LogP contribution < -0.4 is 19.7 Å². The Balaban J connectivity index is 1.57. The maximum Gasteiger partial charge on any atom is 0.265 e. The number of nitrogens with one attached hydrogen (secondary N) is 1. The summed E-state index contributed by atoms with van der Waals surface area (Å²) >= 11 is 0. The van der Waals surface area contributed by atoms with Gasteiger partial charge in [0.1, 0.15) is 18.0 Å². The Kier molecular flexibility index (Phi) is 7.08. The Hall–Kier alpha value is -3.11. The predicted molar refractivity (Wildman–Crippen MR) is 128 cm³/mol. The zero-order valence-corrected chi connectivity index (χ0v) is 20.1. The van der Waals surface area contributed by atoms with E-state index in [0.717, 1.165) is 12.8 Å². The largest absolute Gasteiger partial charge is 0.492 e. The van der Waals surface area contributed by atoms with Crippen molar-refractivity contribution in [3.63, 3.8) is 0 Å². The van der Waals surface area contributed by atoms with Gasteiger partial charge >= 0.3 is 0 Å². The topological polar surface area (TPSA) is 105 Å². The van der Waals surface area contributed by atoms with Gasteiger partial charge in [-0.15, -0.1) is 0 Å². The number of hydrogen-bond donors (Lipinski definition) is 1. The van der Waals surface area contributed by atoms with Crippen LogP contribution in [0, 0.1) is 5.92 Å². The highest BCUT2D eigenvalue weighted by Gasteiger charge is 2.32. The number of para-hydroxylation sites is 2. The van der Waals surface area contributed by atoms with E-state index in [2.05, 4.69) is 12.2 Å². The Morgan fingerprint density at radius 3 is 2.65 bits per heavy atom. The van der Waals surface area contributed by atoms with Gasteiger partial charge in [0.25, 0.3) is 5.91 Å². The van der Waals surface area contributed by atoms with Gasteiger partial charge in [-0.1, -0.05) is 19.1 Å². The molecule has 34 heavy (non-hydrogen) atoms. The number of benzene rings is 2. The lowest BCUT2D eigenvalue weighted by atomic mass is 10.0. The third-order valence-corrected chi connectivity index (χ3v) is 7.91. The van der Waals surface area contributed by atoms with E-state index in [-0.39, 0.29) is 23.7 Å². The zero-order valence-electron chi connectivity index (χ0n) is 19.3. The first-order chi connectivity index (χ1) is 16.3. The summed E-state index contributed by atoms with van der Waals surface area (Å²) in [6.45, 7) is 4.80. The number of sulfonamides is 1. The van der Waals surface area contributed by atoms with Crippen LogP contribution in [0.25, 0.3) is 0 Å². The lowest BCUT2D eigenvalue weighted by Gasteiger charge is -2.31. The Morgan fingerprint density at radius 2 is 1.91 bits per heavy atom. The fourth-order valence-electron chi connectivity index (χ4n) is 4.07. The summed E-state index contributed by atoms with van der Waals surface area (Å²) in [6, 6.07) is 11.5. The first kappa shape index (κ1) is 24.0. The fraction of sp³-hybridized carbons (Fsp3) is 0.417. The SMILES string of the molecule is CCOc1ccccc1NC(=O)CN1C(=O)COc2ccc(S(=O)(=O)N3CCC(C)CC3)cc21. The van der Waals surface area contributed by atoms with Crippen LogP contribution in [0.3, 0.4) is 0 Å². The minimum Gasteiger partial charge on any atom is -0.492 e. The second kappa shape index (κ2) is 10.0. The molecule has 0 unspecified atom stereocenters. The molecule has 4 rings (SSSR count). The van der Waals surface area contributed by atoms with Gasteiger partial charge in [-0.05, 0) is 56.0 Å². The smallest absolute Gasteiger partial charge is 0.265 e. The van der Waals surface area contributed by atoms with Gasteiger partial charge in [0.15, 0.2) is 6.61 Å². The molecule has 1 N–H and O–H groups in total. The number of carbonyl (C=O) groups excluding carboxylic acids is 2. The molecule has 2 heterocycles. The molecule has 182 valence electrons. The highest BCUT2D eigenvalue weighted by Crippen LogP contribution is 2.35. The normalized spacial score (nSPS) is 17.1. The number of ether oxygens (including phenoxy) is 2. The number of nitrogens with zero attached hydrogens (tertiary/aromatic N) is 2. The van der Waals surface area contributed by atoms with E-state index in [0.29, 0.717) is 42.8 Å². The van der Waals surface area contributed by atoms with Gasteiger partial charge in [0, 0.05) is 13.1 Å². The monoisotopic (exact) mass is 487 g/mol. The Labute approximate surface area is 199 Å². The van der Waals surface area contributed by atoms with Gasteiger partial charge in [-0.2, -0.15) is 4.31 Å². The van der Waals surface area contributed by atoms with Crippen LogP contribution in [0.4, 0.5) is 11.4 Å². The van der Waals surface area contributed by atoms with E-state index in [1.165, 1.54) is 27.4 Å². The van der Waals surface area contributed by atoms with E-state index in [1.54, 1.807) is 24.3 Å². The molecule has 0 aliphatic carbocycles. The summed E-state index contributed by atoms with van der Waals surface area (Å²) in [6.07, 6.45) is 1.61. The maximum absolute atomic E-state index is 13.2. The van der Waals surface area contributed by atoms with Crippen LogP contribution in [0.5, 0.6) is 11.5 Å². The number of rotatable bonds is 7. The average molecular weight is 488 g/mol. The molecule has 2 aromatic rings. The first-order valence-electron chi connectivity index (χ1n) is 11.4. The third kappa shape index (κ3) is 5.02. The van der Waals surface area contributed by atoms with Crippen molar-refractivity contribution in [1.29, 1.82) is 0 Å². The fourth-order valence-corrected chi connectivity index (χ4v) is 5.56. The molecule has 0 spiro atoms. The van der Waals surface area contributed by atoms with Gasteiger partial charge < -0.3 is 14.8 Å². The van der Waals surface area contributed by atoms with E-state index < -0.39 is 21.8 Å². The van der Waals surface area contributed by atoms with Crippen LogP contribution in [-0.2, 0) is 19.6 Å². The van der Waals surface area contributed by atoms with Crippen LogP contribution in [0.1, 0.15) is 26.7 Å². The minimum absolute atomic E-state index is 0.0752. The lowest BCUT2D eigenvalue weighted by Crippen LogP contribution is -2.43. The zero-order chi connectivity index (χ0) is 24.3. The first-order valence-corrected chi connectivity index (χ1v) is 12.8. The molecule has 10 heteroatoms. The van der Waals surface area contributed by atoms with Crippen molar-refractivity contribution < 1.29 is 27.5 Å². The summed E-state index contributed by atoms with van der Waals surface area (Å²) < 4.78 is 38.9. The summed E-state index contributed by atoms with van der Waals surface area (Å²) in [5.41, 5.74) is 0.752. The van der Waals surface area contributed by atoms with Crippen molar-refractivity contribution in [2.75, 3.05) is 43.1 Å². The Bertz CT molecular complexity index is 1170. The average Bonchev–Trinajstić information content (AvgIpc) is 2.82. The molecule has 1 fully saturated rings. The molecule has 2 aliphatic rings. The van der Waals surface area contributed by atoms with Crippen molar-refractivity contribution in [2.24, 2.45) is 5.92 Å². The number of piperidine rings is 1. The molecular weight excluding hydrogens is 458 g/mol. The van der Waals surface area contributed by atoms with Crippen LogP contribution in [-0.4, -0.2) is 57.4 Å². The van der Waals surface area contributed by atoms with Gasteiger partial charge in [-0.25, -0.2) is 8.42 Å². The van der Waals surface area contributed by atoms with E-state index in [1.807, 2.05) is 6.92 Å². The standard InChI is InChI=1S/C24H29N3O6S/c1-3-32-21-7-5-4-6-19(21)25-23(28)15-27-20-14-18(8-9-22(20)33-16-24(27)29)34(30,31)26-12-10-17(2)11-13-26/h4-9,14,17H,3,10-13,15-16H2,1-2H3,(H,25,28). The molecule has 2 aliphatic heterocycles. The second-order valence-electron chi connectivity index (χ2n) is 8.46. The number of hydrogen-bond acceptors (Lipinski definition) is 6. The number of fused-ring (bicyclic) bond motifs is 1. The van der Waals surface area contributed by atoms with Crippen LogP contribution in [0.15, 0.2) is 47.4 Å². The van der Waals surface area contributed by atoms with Crippen molar-refractivity contribution in [2.45, 2.75) is 31.6 Å². The number of anilines is 2. The molecule has 0 saturated carbocycles. The molecule has 0 atom stereocenters. The summed E-state index contributed by atoms with van der Waals surface area (Å²) in [5, 5.41) is 2.77. The van der Waals surface area contributed by atoms with E-state index in [9.17, 15) is 18.0 Å². The summed E-state index contributed by atoms with van der Waals surface area (Å²) in [5.74, 6) is 0.501. The third-order valence-electron chi connectivity index (χ3n) is 6.02. The van der Waals surface area contributed by atoms with Crippen molar-refractivity contribution in [1.82, 2.24) is 4.31 Å². The highest BCUT2D eigenvalue weighted by atomic mass is 32.2. The van der Waals surface area contributed by atoms with Crippen molar-refractivity contribution in [3.05, 3.63) is 42.5 Å². The molecule has 0 aromatic heterocycles. The van der Waals surface area contributed by atoms with E-state index >= 15 is 0 Å². The van der Waals surface area contributed by atoms with Crippen molar-refractivity contribution in [3.8, 4) is 11.5 Å². The Morgan fingerprint density at radius 1 is 1.18 bits per heavy atom. The molecule has 9 nitrogen and oxygen atoms in total. The number of amides is 2. The predicted octanol–water partition coefficient (Wildman–Crippen LogP) is 2.87. The molecule has 0 radical (unpaired) electrons. The van der Waals surface area contributed by atoms with E-state index in [4.69, 9.17) is 9.47 Å². The van der Waals surface area contributed by atoms with Gasteiger partial charge in [-0.3, -0.25) is 14.5 Å². The summed E-state index contributed by atoms with van der Waals surface area (Å²) in [4.78, 5) is 26.8. The molecular formula is C24H29N3O6S. The highest BCUT2D eigenvalue weighted by molar-refractivity contribution is 7.89. The van der Waals surface area contributed by atoms with Gasteiger partial charge in [0.05, 0.1) is 22.9 Å². The van der Waals surface area contributed by atoms with Crippen LogP contribution in [0.2, 0.25) is 0 Å². The minimum atomic E-state index is -3.73. The second-order valence-corrected chi connectivity index (χ2v) is 10.4. The molecule has 0 bridgehead atoms. The van der Waals surface area contributed by atoms with Crippen molar-refractivity contribution >= 4 is 33.2 Å². The lowest BCUT2D eigenvalue weighted by molar-refractivity contribution is -0.123.